The lowest BCUT2D eigenvalue weighted by Crippen LogP contribution is -2.51. The van der Waals surface area contributed by atoms with Crippen molar-refractivity contribution in [3.63, 3.8) is 0 Å². The van der Waals surface area contributed by atoms with Crippen LogP contribution in [-0.2, 0) is 22.6 Å². The van der Waals surface area contributed by atoms with E-state index in [1.165, 1.54) is 5.56 Å². The monoisotopic (exact) mass is 486 g/mol. The minimum absolute atomic E-state index is 0.137. The Morgan fingerprint density at radius 3 is 2.33 bits per heavy atom. The van der Waals surface area contributed by atoms with E-state index < -0.39 is 6.04 Å². The molecule has 0 spiro atoms. The zero-order valence-corrected chi connectivity index (χ0v) is 21.9. The molecule has 36 heavy (non-hydrogen) atoms. The van der Waals surface area contributed by atoms with Gasteiger partial charge in [-0.2, -0.15) is 0 Å². The lowest BCUT2D eigenvalue weighted by molar-refractivity contribution is -0.142. The molecule has 3 aromatic carbocycles. The van der Waals surface area contributed by atoms with Gasteiger partial charge in [0.1, 0.15) is 11.8 Å². The van der Waals surface area contributed by atoms with Gasteiger partial charge in [0.05, 0.1) is 0 Å². The number of rotatable bonds is 12. The van der Waals surface area contributed by atoms with Crippen LogP contribution in [0.25, 0.3) is 0 Å². The molecule has 0 aromatic heterocycles. The highest BCUT2D eigenvalue weighted by Gasteiger charge is 2.30. The lowest BCUT2D eigenvalue weighted by Gasteiger charge is -2.31. The molecule has 5 nitrogen and oxygen atoms in total. The van der Waals surface area contributed by atoms with Crippen LogP contribution in [0.5, 0.6) is 5.75 Å². The molecule has 3 rings (SSSR count). The molecule has 3 aromatic rings. The van der Waals surface area contributed by atoms with Crippen molar-refractivity contribution in [2.45, 2.75) is 59.5 Å². The third kappa shape index (κ3) is 7.98. The summed E-state index contributed by atoms with van der Waals surface area (Å²) in [7, 11) is 0. The average Bonchev–Trinajstić information content (AvgIpc) is 2.87. The third-order valence-electron chi connectivity index (χ3n) is 6.38. The molecule has 5 heteroatoms. The minimum Gasteiger partial charge on any atom is -0.484 e. The Labute approximate surface area is 215 Å². The topological polar surface area (TPSA) is 58.6 Å². The van der Waals surface area contributed by atoms with Crippen LogP contribution in [0.15, 0.2) is 72.8 Å². The fourth-order valence-electron chi connectivity index (χ4n) is 4.10. The van der Waals surface area contributed by atoms with E-state index in [0.717, 1.165) is 35.1 Å². The van der Waals surface area contributed by atoms with E-state index in [2.05, 4.69) is 18.3 Å². The van der Waals surface area contributed by atoms with Gasteiger partial charge < -0.3 is 15.0 Å². The standard InChI is InChI=1S/C31H38N2O3/c1-5-6-17-32-31(35)29(20-26-12-8-7-9-13-26)33(21-27-14-10-11-23(2)18-27)30(34)22-36-28-16-15-24(3)25(4)19-28/h7-16,18-19,29H,5-6,17,20-22H2,1-4H3,(H,32,35). The maximum absolute atomic E-state index is 13.6. The first kappa shape index (κ1) is 27.0. The van der Waals surface area contributed by atoms with Gasteiger partial charge in [-0.05, 0) is 61.6 Å². The van der Waals surface area contributed by atoms with E-state index in [9.17, 15) is 9.59 Å². The van der Waals surface area contributed by atoms with Crippen LogP contribution in [0.4, 0.5) is 0 Å². The molecule has 0 radical (unpaired) electrons. The molecule has 0 aliphatic rings. The van der Waals surface area contributed by atoms with Crippen LogP contribution >= 0.6 is 0 Å². The highest BCUT2D eigenvalue weighted by molar-refractivity contribution is 5.88. The number of nitrogens with zero attached hydrogens (tertiary/aromatic N) is 1. The van der Waals surface area contributed by atoms with Crippen molar-refractivity contribution in [3.05, 3.63) is 101 Å². The SMILES string of the molecule is CCCCNC(=O)C(Cc1ccccc1)N(Cc1cccc(C)c1)C(=O)COc1ccc(C)c(C)c1. The summed E-state index contributed by atoms with van der Waals surface area (Å²) in [6, 6.07) is 23.0. The quantitative estimate of drug-likeness (QED) is 0.342. The van der Waals surface area contributed by atoms with Gasteiger partial charge in [0.15, 0.2) is 6.61 Å². The Kier molecular flexibility index (Phi) is 10.1. The van der Waals surface area contributed by atoms with E-state index in [-0.39, 0.29) is 18.4 Å². The molecule has 0 saturated carbocycles. The van der Waals surface area contributed by atoms with Crippen molar-refractivity contribution in [1.29, 1.82) is 0 Å². The first-order chi connectivity index (χ1) is 17.4. The summed E-state index contributed by atoms with van der Waals surface area (Å²) in [4.78, 5) is 28.8. The number of amides is 2. The van der Waals surface area contributed by atoms with Gasteiger partial charge >= 0.3 is 0 Å². The molecule has 0 fully saturated rings. The number of ether oxygens (including phenoxy) is 1. The summed E-state index contributed by atoms with van der Waals surface area (Å²) in [5, 5.41) is 3.05. The average molecular weight is 487 g/mol. The molecule has 2 amide bonds. The molecular formula is C31H38N2O3. The summed E-state index contributed by atoms with van der Waals surface area (Å²) >= 11 is 0. The molecule has 1 unspecified atom stereocenters. The number of unbranched alkanes of at least 4 members (excludes halogenated alkanes) is 1. The van der Waals surface area contributed by atoms with E-state index in [4.69, 9.17) is 4.74 Å². The molecule has 0 heterocycles. The van der Waals surface area contributed by atoms with Gasteiger partial charge in [-0.25, -0.2) is 0 Å². The number of carbonyl (C=O) groups excluding carboxylic acids is 2. The van der Waals surface area contributed by atoms with Crippen LogP contribution in [0, 0.1) is 20.8 Å². The molecule has 0 saturated heterocycles. The van der Waals surface area contributed by atoms with Crippen molar-refractivity contribution < 1.29 is 14.3 Å². The minimum atomic E-state index is -0.652. The molecule has 190 valence electrons. The van der Waals surface area contributed by atoms with E-state index in [0.29, 0.717) is 25.3 Å². The Balaban J connectivity index is 1.89. The van der Waals surface area contributed by atoms with Gasteiger partial charge in [-0.15, -0.1) is 0 Å². The number of benzene rings is 3. The van der Waals surface area contributed by atoms with E-state index >= 15 is 0 Å². The van der Waals surface area contributed by atoms with E-state index in [1.54, 1.807) is 4.90 Å². The Morgan fingerprint density at radius 2 is 1.64 bits per heavy atom. The van der Waals surface area contributed by atoms with Crippen molar-refractivity contribution in [3.8, 4) is 5.75 Å². The van der Waals surface area contributed by atoms with Crippen molar-refractivity contribution in [2.75, 3.05) is 13.2 Å². The Bertz CT molecular complexity index is 1140. The maximum Gasteiger partial charge on any atom is 0.261 e. The lowest BCUT2D eigenvalue weighted by atomic mass is 10.0. The molecule has 0 aliphatic heterocycles. The van der Waals surface area contributed by atoms with Gasteiger partial charge in [-0.3, -0.25) is 9.59 Å². The number of hydrogen-bond donors (Lipinski definition) is 1. The summed E-state index contributed by atoms with van der Waals surface area (Å²) in [5.74, 6) is 0.287. The summed E-state index contributed by atoms with van der Waals surface area (Å²) in [6.07, 6.45) is 2.31. The third-order valence-corrected chi connectivity index (χ3v) is 6.38. The smallest absolute Gasteiger partial charge is 0.261 e. The first-order valence-corrected chi connectivity index (χ1v) is 12.7. The van der Waals surface area contributed by atoms with Gasteiger partial charge in [0, 0.05) is 19.5 Å². The molecule has 0 aliphatic carbocycles. The van der Waals surface area contributed by atoms with Crippen molar-refractivity contribution in [2.24, 2.45) is 0 Å². The van der Waals surface area contributed by atoms with Crippen molar-refractivity contribution >= 4 is 11.8 Å². The summed E-state index contributed by atoms with van der Waals surface area (Å²) < 4.78 is 5.90. The Hall–Kier alpha value is -3.60. The fraction of sp³-hybridized carbons (Fsp3) is 0.355. The first-order valence-electron chi connectivity index (χ1n) is 12.7. The van der Waals surface area contributed by atoms with E-state index in [1.807, 2.05) is 87.5 Å². The highest BCUT2D eigenvalue weighted by atomic mass is 16.5. The van der Waals surface area contributed by atoms with Crippen LogP contribution in [-0.4, -0.2) is 35.9 Å². The molecule has 1 atom stereocenters. The second-order valence-electron chi connectivity index (χ2n) is 9.40. The van der Waals surface area contributed by atoms with Crippen LogP contribution in [0.3, 0.4) is 0 Å². The van der Waals surface area contributed by atoms with Crippen molar-refractivity contribution in [1.82, 2.24) is 10.2 Å². The molecule has 1 N–H and O–H groups in total. The molecular weight excluding hydrogens is 448 g/mol. The van der Waals surface area contributed by atoms with Gasteiger partial charge in [-0.1, -0.05) is 79.6 Å². The van der Waals surface area contributed by atoms with Crippen LogP contribution < -0.4 is 10.1 Å². The highest BCUT2D eigenvalue weighted by Crippen LogP contribution is 2.19. The number of carbonyl (C=O) groups is 2. The molecule has 0 bridgehead atoms. The second-order valence-corrected chi connectivity index (χ2v) is 9.40. The maximum atomic E-state index is 13.6. The van der Waals surface area contributed by atoms with Crippen LogP contribution in [0.2, 0.25) is 0 Å². The predicted molar refractivity (Wildman–Crippen MR) is 145 cm³/mol. The van der Waals surface area contributed by atoms with Crippen LogP contribution in [0.1, 0.15) is 47.6 Å². The largest absolute Gasteiger partial charge is 0.484 e. The van der Waals surface area contributed by atoms with Gasteiger partial charge in [0.2, 0.25) is 5.91 Å². The normalized spacial score (nSPS) is 11.6. The zero-order chi connectivity index (χ0) is 25.9. The Morgan fingerprint density at radius 1 is 0.889 bits per heavy atom. The van der Waals surface area contributed by atoms with Gasteiger partial charge in [0.25, 0.3) is 5.91 Å². The fourth-order valence-corrected chi connectivity index (χ4v) is 4.10. The summed E-state index contributed by atoms with van der Waals surface area (Å²) in [6.45, 7) is 8.95. The zero-order valence-electron chi connectivity index (χ0n) is 21.9. The number of aryl methyl sites for hydroxylation is 3. The summed E-state index contributed by atoms with van der Waals surface area (Å²) in [5.41, 5.74) is 5.37. The number of nitrogens with one attached hydrogen (secondary N) is 1. The second kappa shape index (κ2) is 13.5. The predicted octanol–water partition coefficient (Wildman–Crippen LogP) is 5.55. The number of hydrogen-bond acceptors (Lipinski definition) is 3.